The van der Waals surface area contributed by atoms with Crippen molar-refractivity contribution in [1.29, 1.82) is 0 Å². The number of rotatable bonds is 3. The van der Waals surface area contributed by atoms with Crippen LogP contribution in [0.1, 0.15) is 0 Å². The fourth-order valence-electron chi connectivity index (χ4n) is 1.48. The Labute approximate surface area is 123 Å². The van der Waals surface area contributed by atoms with Crippen LogP contribution in [0, 0.1) is 0 Å². The van der Waals surface area contributed by atoms with E-state index < -0.39 is 10.1 Å². The number of benzene rings is 2. The van der Waals surface area contributed by atoms with Gasteiger partial charge in [0, 0.05) is 5.02 Å². The summed E-state index contributed by atoms with van der Waals surface area (Å²) in [4.78, 5) is -0.270. The third-order valence-electron chi connectivity index (χ3n) is 2.34. The van der Waals surface area contributed by atoms with E-state index in [1.165, 1.54) is 12.1 Å². The van der Waals surface area contributed by atoms with Gasteiger partial charge in [0.25, 0.3) is 10.1 Å². The number of hydrogen-bond donors (Lipinski definition) is 1. The summed E-state index contributed by atoms with van der Waals surface area (Å²) in [6.07, 6.45) is 0. The van der Waals surface area contributed by atoms with E-state index in [1.54, 1.807) is 18.2 Å². The fourth-order valence-corrected chi connectivity index (χ4v) is 3.76. The van der Waals surface area contributed by atoms with Gasteiger partial charge in [0.2, 0.25) is 0 Å². The molecule has 0 aliphatic rings. The molecule has 100 valence electrons. The van der Waals surface area contributed by atoms with Crippen molar-refractivity contribution in [3.05, 3.63) is 52.5 Å². The molecule has 0 aromatic heterocycles. The highest BCUT2D eigenvalue weighted by Crippen LogP contribution is 2.22. The molecule has 0 aliphatic carbocycles. The summed E-state index contributed by atoms with van der Waals surface area (Å²) >= 11 is 11.5. The second-order valence-corrected chi connectivity index (χ2v) is 7.39. The highest BCUT2D eigenvalue weighted by atomic mass is 35.5. The Morgan fingerprint density at radius 1 is 0.947 bits per heavy atom. The first-order chi connectivity index (χ1) is 8.86. The van der Waals surface area contributed by atoms with Crippen LogP contribution in [-0.4, -0.2) is 13.0 Å². The Morgan fingerprint density at radius 2 is 1.53 bits per heavy atom. The molecule has 2 aromatic rings. The molecule has 1 N–H and O–H groups in total. The van der Waals surface area contributed by atoms with Crippen LogP contribution >= 0.6 is 31.8 Å². The van der Waals surface area contributed by atoms with Gasteiger partial charge in [-0.05, 0) is 34.9 Å². The predicted octanol–water partition coefficient (Wildman–Crippen LogP) is 2.87. The van der Waals surface area contributed by atoms with Gasteiger partial charge in [-0.3, -0.25) is 4.55 Å². The molecular weight excluding hydrogens is 326 g/mol. The zero-order valence-corrected chi connectivity index (χ0v) is 12.8. The Kier molecular flexibility index (Phi) is 4.49. The highest BCUT2D eigenvalue weighted by Gasteiger charge is 2.15. The number of halogens is 2. The van der Waals surface area contributed by atoms with Crippen molar-refractivity contribution in [2.24, 2.45) is 0 Å². The summed E-state index contributed by atoms with van der Waals surface area (Å²) in [7, 11) is -4.05. The molecule has 2 rings (SSSR count). The van der Waals surface area contributed by atoms with Crippen LogP contribution in [0.25, 0.3) is 0 Å². The zero-order valence-electron chi connectivity index (χ0n) is 9.47. The molecule has 1 atom stereocenters. The molecule has 3 nitrogen and oxygen atoms in total. The van der Waals surface area contributed by atoms with Gasteiger partial charge in [-0.2, -0.15) is 8.42 Å². The van der Waals surface area contributed by atoms with E-state index in [4.69, 9.17) is 27.8 Å². The Balaban J connectivity index is 2.34. The van der Waals surface area contributed by atoms with Gasteiger partial charge >= 0.3 is 0 Å². The van der Waals surface area contributed by atoms with Gasteiger partial charge in [-0.25, -0.2) is 0 Å². The Hall–Kier alpha value is -0.640. The average Bonchev–Trinajstić information content (AvgIpc) is 2.33. The van der Waals surface area contributed by atoms with Crippen LogP contribution in [0.3, 0.4) is 0 Å². The van der Waals surface area contributed by atoms with Crippen molar-refractivity contribution in [3.8, 4) is 0 Å². The lowest BCUT2D eigenvalue weighted by atomic mass is 10.4. The van der Waals surface area contributed by atoms with Crippen molar-refractivity contribution in [1.82, 2.24) is 0 Å². The van der Waals surface area contributed by atoms with E-state index in [-0.39, 0.29) is 18.5 Å². The van der Waals surface area contributed by atoms with Crippen molar-refractivity contribution in [2.75, 3.05) is 0 Å². The largest absolute Gasteiger partial charge is 0.296 e. The first kappa shape index (κ1) is 14.8. The van der Waals surface area contributed by atoms with Crippen molar-refractivity contribution >= 4 is 52.5 Å². The van der Waals surface area contributed by atoms with Crippen LogP contribution in [0.5, 0.6) is 0 Å². The molecule has 7 heteroatoms. The second-order valence-electron chi connectivity index (χ2n) is 3.75. The Morgan fingerprint density at radius 3 is 2.11 bits per heavy atom. The molecule has 2 aromatic carbocycles. The van der Waals surface area contributed by atoms with Crippen molar-refractivity contribution in [2.45, 2.75) is 4.90 Å². The molecule has 0 aliphatic heterocycles. The van der Waals surface area contributed by atoms with Gasteiger partial charge in [0.05, 0.1) is 5.02 Å². The summed E-state index contributed by atoms with van der Waals surface area (Å²) in [5.41, 5.74) is 0. The van der Waals surface area contributed by atoms with Gasteiger partial charge < -0.3 is 0 Å². The third kappa shape index (κ3) is 3.91. The molecule has 1 unspecified atom stereocenters. The molecule has 0 amide bonds. The lowest BCUT2D eigenvalue weighted by Gasteiger charge is -2.06. The SMILES string of the molecule is O=S(=O)(O)c1cc(Pc2ccc(Cl)cc2)ccc1Cl. The van der Waals surface area contributed by atoms with E-state index in [0.29, 0.717) is 5.02 Å². The topological polar surface area (TPSA) is 54.4 Å². The van der Waals surface area contributed by atoms with E-state index in [2.05, 4.69) is 0 Å². The van der Waals surface area contributed by atoms with E-state index >= 15 is 0 Å². The van der Waals surface area contributed by atoms with Crippen LogP contribution in [-0.2, 0) is 10.1 Å². The minimum absolute atomic E-state index is 0.00663. The van der Waals surface area contributed by atoms with Crippen LogP contribution in [0.2, 0.25) is 10.0 Å². The minimum Gasteiger partial charge on any atom is -0.282 e. The first-order valence-electron chi connectivity index (χ1n) is 5.16. The maximum atomic E-state index is 11.2. The summed E-state index contributed by atoms with van der Waals surface area (Å²) < 4.78 is 31.4. The summed E-state index contributed by atoms with van der Waals surface area (Å²) in [6, 6.07) is 11.8. The van der Waals surface area contributed by atoms with E-state index in [0.717, 1.165) is 10.6 Å². The Bertz CT molecular complexity index is 699. The van der Waals surface area contributed by atoms with Gasteiger partial charge in [-0.15, -0.1) is 0 Å². The van der Waals surface area contributed by atoms with Crippen molar-refractivity contribution < 1.29 is 13.0 Å². The van der Waals surface area contributed by atoms with Crippen LogP contribution in [0.15, 0.2) is 47.4 Å². The van der Waals surface area contributed by atoms with Crippen LogP contribution < -0.4 is 10.6 Å². The molecule has 19 heavy (non-hydrogen) atoms. The molecule has 0 heterocycles. The fraction of sp³-hybridized carbons (Fsp3) is 0. The van der Waals surface area contributed by atoms with Gasteiger partial charge in [0.1, 0.15) is 4.90 Å². The minimum atomic E-state index is -4.30. The standard InChI is InChI=1S/C12H9Cl2O3PS/c13-8-1-3-9(4-2-8)18-10-5-6-11(14)12(7-10)19(15,16)17/h1-7,18H,(H,15,16,17). The maximum Gasteiger partial charge on any atom is 0.296 e. The summed E-state index contributed by atoms with van der Waals surface area (Å²) in [6.45, 7) is 0. The molecule has 0 spiro atoms. The normalized spacial score (nSPS) is 12.2. The van der Waals surface area contributed by atoms with E-state index in [9.17, 15) is 8.42 Å². The molecule has 0 saturated carbocycles. The first-order valence-corrected chi connectivity index (χ1v) is 8.35. The molecule has 0 radical (unpaired) electrons. The van der Waals surface area contributed by atoms with Crippen LogP contribution in [0.4, 0.5) is 0 Å². The summed E-state index contributed by atoms with van der Waals surface area (Å²) in [5.74, 6) is 0. The zero-order chi connectivity index (χ0) is 14.0. The van der Waals surface area contributed by atoms with Crippen molar-refractivity contribution in [3.63, 3.8) is 0 Å². The maximum absolute atomic E-state index is 11.2. The summed E-state index contributed by atoms with van der Waals surface area (Å²) in [5, 5.41) is 2.42. The smallest absolute Gasteiger partial charge is 0.282 e. The molecular formula is C12H9Cl2O3PS. The quantitative estimate of drug-likeness (QED) is 0.693. The second kappa shape index (κ2) is 5.78. The predicted molar refractivity (Wildman–Crippen MR) is 80.3 cm³/mol. The molecule has 0 saturated heterocycles. The lowest BCUT2D eigenvalue weighted by Crippen LogP contribution is -2.07. The van der Waals surface area contributed by atoms with E-state index in [1.807, 2.05) is 12.1 Å². The highest BCUT2D eigenvalue weighted by molar-refractivity contribution is 7.86. The molecule has 0 fully saturated rings. The monoisotopic (exact) mass is 334 g/mol. The lowest BCUT2D eigenvalue weighted by molar-refractivity contribution is 0.483. The van der Waals surface area contributed by atoms with Gasteiger partial charge in [0.15, 0.2) is 0 Å². The average molecular weight is 335 g/mol. The third-order valence-corrected chi connectivity index (χ3v) is 5.15. The van der Waals surface area contributed by atoms with Gasteiger partial charge in [-0.1, -0.05) is 50.0 Å². The number of hydrogen-bond acceptors (Lipinski definition) is 2. The molecule has 0 bridgehead atoms.